The highest BCUT2D eigenvalue weighted by molar-refractivity contribution is 8.00. The fourth-order valence-corrected chi connectivity index (χ4v) is 3.22. The number of aromatic nitrogens is 2. The van der Waals surface area contributed by atoms with Crippen molar-refractivity contribution in [2.24, 2.45) is 0 Å². The summed E-state index contributed by atoms with van der Waals surface area (Å²) in [4.78, 5) is 8.54. The Balaban J connectivity index is 2.09. The first-order valence-electron chi connectivity index (χ1n) is 4.28. The van der Waals surface area contributed by atoms with E-state index in [4.69, 9.17) is 0 Å². The molecule has 2 aromatic heterocycles. The van der Waals surface area contributed by atoms with Crippen LogP contribution in [-0.2, 0) is 0 Å². The summed E-state index contributed by atoms with van der Waals surface area (Å²) >= 11 is 3.64. The van der Waals surface area contributed by atoms with Gasteiger partial charge < -0.3 is 0 Å². The summed E-state index contributed by atoms with van der Waals surface area (Å²) in [5.41, 5.74) is 1.09. The molecule has 2 nitrogen and oxygen atoms in total. The first-order valence-corrected chi connectivity index (χ1v) is 6.04. The summed E-state index contributed by atoms with van der Waals surface area (Å²) in [7, 11) is 0. The molecule has 13 heavy (non-hydrogen) atoms. The number of fused-ring (bicyclic) bond motifs is 1. The van der Waals surface area contributed by atoms with Gasteiger partial charge in [-0.15, -0.1) is 23.1 Å². The summed E-state index contributed by atoms with van der Waals surface area (Å²) < 4.78 is 1.25. The van der Waals surface area contributed by atoms with Crippen molar-refractivity contribution in [1.82, 2.24) is 9.97 Å². The minimum atomic E-state index is 0.820. The van der Waals surface area contributed by atoms with Crippen LogP contribution in [0.1, 0.15) is 12.8 Å². The van der Waals surface area contributed by atoms with Gasteiger partial charge >= 0.3 is 0 Å². The van der Waals surface area contributed by atoms with Crippen LogP contribution in [0.25, 0.3) is 10.2 Å². The molecule has 1 fully saturated rings. The normalized spacial score (nSPS) is 16.6. The molecule has 0 spiro atoms. The molecule has 1 aliphatic rings. The number of thiophene rings is 1. The predicted molar refractivity (Wildman–Crippen MR) is 56.3 cm³/mol. The van der Waals surface area contributed by atoms with E-state index in [1.165, 1.54) is 22.6 Å². The fraction of sp³-hybridized carbons (Fsp3) is 0.333. The van der Waals surface area contributed by atoms with E-state index in [-0.39, 0.29) is 0 Å². The average molecular weight is 208 g/mol. The molecule has 1 saturated carbocycles. The van der Waals surface area contributed by atoms with Crippen LogP contribution in [0.4, 0.5) is 0 Å². The zero-order valence-corrected chi connectivity index (χ0v) is 8.57. The molecule has 0 N–H and O–H groups in total. The lowest BCUT2D eigenvalue weighted by atomic mass is 10.5. The molecule has 0 radical (unpaired) electrons. The smallest absolute Gasteiger partial charge is 0.118 e. The van der Waals surface area contributed by atoms with Gasteiger partial charge in [0.1, 0.15) is 11.4 Å². The summed E-state index contributed by atoms with van der Waals surface area (Å²) in [5.74, 6) is 0. The molecule has 0 unspecified atom stereocenters. The van der Waals surface area contributed by atoms with E-state index in [0.29, 0.717) is 0 Å². The third-order valence-corrected chi connectivity index (χ3v) is 4.39. The zero-order chi connectivity index (χ0) is 8.67. The number of thioether (sulfide) groups is 1. The number of nitrogens with zero attached hydrogens (tertiary/aromatic N) is 2. The summed E-state index contributed by atoms with van der Waals surface area (Å²) in [6.45, 7) is 0. The molecule has 66 valence electrons. The van der Waals surface area contributed by atoms with E-state index < -0.39 is 0 Å². The van der Waals surface area contributed by atoms with Gasteiger partial charge in [-0.2, -0.15) is 0 Å². The highest BCUT2D eigenvalue weighted by Crippen LogP contribution is 2.41. The van der Waals surface area contributed by atoms with E-state index in [9.17, 15) is 0 Å². The van der Waals surface area contributed by atoms with Crippen LogP contribution in [0.3, 0.4) is 0 Å². The summed E-state index contributed by atoms with van der Waals surface area (Å²) in [6.07, 6.45) is 4.36. The van der Waals surface area contributed by atoms with E-state index in [1.807, 2.05) is 11.8 Å². The predicted octanol–water partition coefficient (Wildman–Crippen LogP) is 2.95. The Morgan fingerprint density at radius 3 is 3.15 bits per heavy atom. The molecule has 3 rings (SSSR count). The largest absolute Gasteiger partial charge is 0.235 e. The zero-order valence-electron chi connectivity index (χ0n) is 6.93. The van der Waals surface area contributed by atoms with Gasteiger partial charge in [0.2, 0.25) is 0 Å². The molecular formula is C9H8N2S2. The van der Waals surface area contributed by atoms with Crippen LogP contribution in [0, 0.1) is 0 Å². The summed E-state index contributed by atoms with van der Waals surface area (Å²) in [6, 6.07) is 2.05. The maximum atomic E-state index is 4.32. The molecule has 0 atom stereocenters. The van der Waals surface area contributed by atoms with Gasteiger partial charge in [0.05, 0.1) is 10.2 Å². The average Bonchev–Trinajstić information content (AvgIpc) is 2.83. The minimum absolute atomic E-state index is 0.820. The van der Waals surface area contributed by atoms with Gasteiger partial charge in [0.15, 0.2) is 0 Å². The molecule has 0 aromatic carbocycles. The van der Waals surface area contributed by atoms with Gasteiger partial charge in [-0.05, 0) is 24.3 Å². The second-order valence-electron chi connectivity index (χ2n) is 3.13. The Bertz CT molecular complexity index is 434. The van der Waals surface area contributed by atoms with Gasteiger partial charge in [0.25, 0.3) is 0 Å². The van der Waals surface area contributed by atoms with Gasteiger partial charge in [-0.25, -0.2) is 9.97 Å². The molecule has 0 amide bonds. The highest BCUT2D eigenvalue weighted by Gasteiger charge is 2.24. The minimum Gasteiger partial charge on any atom is -0.235 e. The van der Waals surface area contributed by atoms with Crippen molar-refractivity contribution >= 4 is 33.3 Å². The SMILES string of the molecule is c1nc(SC2CC2)c2sccc2n1. The maximum absolute atomic E-state index is 4.32. The maximum Gasteiger partial charge on any atom is 0.118 e. The lowest BCUT2D eigenvalue weighted by Gasteiger charge is -1.97. The molecule has 4 heteroatoms. The lowest BCUT2D eigenvalue weighted by molar-refractivity contribution is 1.11. The van der Waals surface area contributed by atoms with Crippen molar-refractivity contribution in [3.8, 4) is 0 Å². The van der Waals surface area contributed by atoms with E-state index >= 15 is 0 Å². The second kappa shape index (κ2) is 2.96. The Kier molecular flexibility index (Phi) is 1.77. The van der Waals surface area contributed by atoms with Crippen LogP contribution >= 0.6 is 23.1 Å². The van der Waals surface area contributed by atoms with Crippen molar-refractivity contribution in [2.45, 2.75) is 23.1 Å². The fourth-order valence-electron chi connectivity index (χ4n) is 1.19. The van der Waals surface area contributed by atoms with Crippen LogP contribution in [0.15, 0.2) is 22.8 Å². The van der Waals surface area contributed by atoms with Crippen LogP contribution in [-0.4, -0.2) is 15.2 Å². The third-order valence-electron chi connectivity index (χ3n) is 2.01. The van der Waals surface area contributed by atoms with Crippen LogP contribution in [0.5, 0.6) is 0 Å². The molecule has 0 aliphatic heterocycles. The Hall–Kier alpha value is -0.610. The van der Waals surface area contributed by atoms with Gasteiger partial charge in [-0.3, -0.25) is 0 Å². The quantitative estimate of drug-likeness (QED) is 0.710. The monoisotopic (exact) mass is 208 g/mol. The van der Waals surface area contributed by atoms with E-state index in [1.54, 1.807) is 17.7 Å². The third kappa shape index (κ3) is 1.44. The molecular weight excluding hydrogens is 200 g/mol. The number of hydrogen-bond acceptors (Lipinski definition) is 4. The van der Waals surface area contributed by atoms with Crippen LogP contribution in [0.2, 0.25) is 0 Å². The van der Waals surface area contributed by atoms with Crippen molar-refractivity contribution < 1.29 is 0 Å². The second-order valence-corrected chi connectivity index (χ2v) is 5.34. The lowest BCUT2D eigenvalue weighted by Crippen LogP contribution is -1.83. The van der Waals surface area contributed by atoms with Crippen molar-refractivity contribution in [1.29, 1.82) is 0 Å². The Morgan fingerprint density at radius 1 is 1.38 bits per heavy atom. The summed E-state index contributed by atoms with van der Waals surface area (Å²) in [5, 5.41) is 4.07. The Morgan fingerprint density at radius 2 is 2.31 bits per heavy atom. The van der Waals surface area contributed by atoms with Gasteiger partial charge in [-0.1, -0.05) is 0 Å². The Labute approximate surface area is 84.4 Å². The van der Waals surface area contributed by atoms with Crippen molar-refractivity contribution in [3.05, 3.63) is 17.8 Å². The van der Waals surface area contributed by atoms with E-state index in [0.717, 1.165) is 10.8 Å². The first kappa shape index (κ1) is 7.76. The number of rotatable bonds is 2. The molecule has 0 bridgehead atoms. The standard InChI is InChI=1S/C9H8N2S2/c1-2-6(1)13-9-8-7(3-4-12-8)10-5-11-9/h3-6H,1-2H2. The van der Waals surface area contributed by atoms with Crippen LogP contribution < -0.4 is 0 Å². The van der Waals surface area contributed by atoms with Crippen molar-refractivity contribution in [2.75, 3.05) is 0 Å². The van der Waals surface area contributed by atoms with E-state index in [2.05, 4.69) is 21.4 Å². The van der Waals surface area contributed by atoms with Gasteiger partial charge in [0, 0.05) is 5.25 Å². The number of hydrogen-bond donors (Lipinski definition) is 0. The molecule has 2 heterocycles. The highest BCUT2D eigenvalue weighted by atomic mass is 32.2. The first-order chi connectivity index (χ1) is 6.43. The molecule has 0 saturated heterocycles. The molecule has 1 aliphatic carbocycles. The molecule has 2 aromatic rings. The topological polar surface area (TPSA) is 25.8 Å². The van der Waals surface area contributed by atoms with Crippen molar-refractivity contribution in [3.63, 3.8) is 0 Å².